The summed E-state index contributed by atoms with van der Waals surface area (Å²) in [7, 11) is -4.05. The Morgan fingerprint density at radius 3 is 2.47 bits per heavy atom. The van der Waals surface area contributed by atoms with Gasteiger partial charge in [-0.15, -0.1) is 0 Å². The first-order chi connectivity index (χ1) is 16.0. The molecule has 1 N–H and O–H groups in total. The molecule has 12 heteroatoms. The number of sulfonamides is 1. The Balaban J connectivity index is 2.13. The highest BCUT2D eigenvalue weighted by atomic mass is 32.2. The van der Waals surface area contributed by atoms with Gasteiger partial charge in [-0.1, -0.05) is 13.0 Å². The van der Waals surface area contributed by atoms with Crippen molar-refractivity contribution in [3.63, 3.8) is 0 Å². The van der Waals surface area contributed by atoms with Crippen LogP contribution in [-0.2, 0) is 21.0 Å². The number of nitrogens with one attached hydrogen (secondary N) is 1. The standard InChI is InChI=1S/C22H26F3N3O5S/c1-4-11-33-19-10-9-16(12-20(19)32-5-2)14-26-27-21(29)15-28(34(3,30)31)18-8-6-7-17(13-18)22(23,24)25/h6-10,12-14H,4-5,11,15H2,1-3H3,(H,27,29)/b26-14-. The fourth-order valence-electron chi connectivity index (χ4n) is 2.79. The molecule has 0 aliphatic heterocycles. The number of hydrazone groups is 1. The van der Waals surface area contributed by atoms with Crippen LogP contribution in [0, 0.1) is 0 Å². The Hall–Kier alpha value is -3.28. The molecular formula is C22H26F3N3O5S. The SMILES string of the molecule is CCCOc1ccc(/C=N\NC(=O)CN(c2cccc(C(F)(F)F)c2)S(C)(=O)=O)cc1OCC. The molecule has 2 rings (SSSR count). The lowest BCUT2D eigenvalue weighted by molar-refractivity contribution is -0.137. The van der Waals surface area contributed by atoms with E-state index in [1.165, 1.54) is 12.3 Å². The molecule has 2 aromatic carbocycles. The van der Waals surface area contributed by atoms with Gasteiger partial charge in [0.1, 0.15) is 6.54 Å². The lowest BCUT2D eigenvalue weighted by atomic mass is 10.2. The molecule has 0 saturated heterocycles. The molecule has 0 fully saturated rings. The van der Waals surface area contributed by atoms with Crippen LogP contribution in [0.25, 0.3) is 0 Å². The molecule has 0 radical (unpaired) electrons. The van der Waals surface area contributed by atoms with Gasteiger partial charge in [0.2, 0.25) is 10.0 Å². The van der Waals surface area contributed by atoms with Crippen molar-refractivity contribution < 1.29 is 35.9 Å². The zero-order valence-electron chi connectivity index (χ0n) is 18.9. The van der Waals surface area contributed by atoms with Gasteiger partial charge in [0.15, 0.2) is 11.5 Å². The van der Waals surface area contributed by atoms with Gasteiger partial charge in [-0.3, -0.25) is 9.10 Å². The summed E-state index contributed by atoms with van der Waals surface area (Å²) in [5, 5.41) is 3.80. The van der Waals surface area contributed by atoms with Crippen LogP contribution in [0.1, 0.15) is 31.4 Å². The third-order valence-corrected chi connectivity index (χ3v) is 5.42. The summed E-state index contributed by atoms with van der Waals surface area (Å²) in [4.78, 5) is 12.3. The second-order valence-corrected chi connectivity index (χ2v) is 9.01. The van der Waals surface area contributed by atoms with Crippen molar-refractivity contribution in [2.24, 2.45) is 5.10 Å². The lowest BCUT2D eigenvalue weighted by Gasteiger charge is -2.22. The summed E-state index contributed by atoms with van der Waals surface area (Å²) < 4.78 is 75.0. The molecule has 0 unspecified atom stereocenters. The van der Waals surface area contributed by atoms with Crippen molar-refractivity contribution in [3.05, 3.63) is 53.6 Å². The minimum Gasteiger partial charge on any atom is -0.490 e. The normalized spacial score (nSPS) is 11.9. The second kappa shape index (κ2) is 11.7. The summed E-state index contributed by atoms with van der Waals surface area (Å²) in [6, 6.07) is 8.76. The summed E-state index contributed by atoms with van der Waals surface area (Å²) in [6.45, 7) is 3.97. The van der Waals surface area contributed by atoms with Gasteiger partial charge in [0, 0.05) is 0 Å². The first kappa shape index (κ1) is 27.0. The molecular weight excluding hydrogens is 475 g/mol. The minimum absolute atomic E-state index is 0.291. The van der Waals surface area contributed by atoms with Crippen LogP contribution in [0.2, 0.25) is 0 Å². The highest BCUT2D eigenvalue weighted by Crippen LogP contribution is 2.32. The van der Waals surface area contributed by atoms with Crippen LogP contribution in [-0.4, -0.2) is 46.6 Å². The molecule has 0 aliphatic carbocycles. The first-order valence-corrected chi connectivity index (χ1v) is 12.2. The lowest BCUT2D eigenvalue weighted by Crippen LogP contribution is -2.39. The maximum absolute atomic E-state index is 13.0. The Kier molecular flexibility index (Phi) is 9.30. The molecule has 186 valence electrons. The van der Waals surface area contributed by atoms with Gasteiger partial charge in [-0.25, -0.2) is 13.8 Å². The minimum atomic E-state index is -4.66. The summed E-state index contributed by atoms with van der Waals surface area (Å²) in [6.07, 6.45) is -1.73. The topological polar surface area (TPSA) is 97.3 Å². The number of hydrogen-bond acceptors (Lipinski definition) is 6. The molecule has 1 amide bonds. The highest BCUT2D eigenvalue weighted by molar-refractivity contribution is 7.92. The molecule has 8 nitrogen and oxygen atoms in total. The van der Waals surface area contributed by atoms with Crippen molar-refractivity contribution in [1.29, 1.82) is 0 Å². The van der Waals surface area contributed by atoms with Crippen molar-refractivity contribution >= 4 is 27.8 Å². The molecule has 34 heavy (non-hydrogen) atoms. The predicted molar refractivity (Wildman–Crippen MR) is 123 cm³/mol. The van der Waals surface area contributed by atoms with Crippen LogP contribution in [0.4, 0.5) is 18.9 Å². The molecule has 0 spiro atoms. The summed E-state index contributed by atoms with van der Waals surface area (Å²) >= 11 is 0. The van der Waals surface area contributed by atoms with Crippen LogP contribution in [0.5, 0.6) is 11.5 Å². The number of carbonyl (C=O) groups excluding carboxylic acids is 1. The number of alkyl halides is 3. The summed E-state index contributed by atoms with van der Waals surface area (Å²) in [5.74, 6) is 0.223. The Labute approximate surface area is 196 Å². The van der Waals surface area contributed by atoms with Gasteiger partial charge in [-0.2, -0.15) is 18.3 Å². The van der Waals surface area contributed by atoms with Crippen molar-refractivity contribution in [1.82, 2.24) is 5.43 Å². The Morgan fingerprint density at radius 1 is 1.12 bits per heavy atom. The van der Waals surface area contributed by atoms with Gasteiger partial charge >= 0.3 is 6.18 Å². The molecule has 0 heterocycles. The van der Waals surface area contributed by atoms with Gasteiger partial charge in [0.25, 0.3) is 5.91 Å². The van der Waals surface area contributed by atoms with Crippen molar-refractivity contribution in [3.8, 4) is 11.5 Å². The number of nitrogens with zero attached hydrogens (tertiary/aromatic N) is 2. The van der Waals surface area contributed by atoms with E-state index in [2.05, 4.69) is 10.5 Å². The maximum atomic E-state index is 13.0. The van der Waals surface area contributed by atoms with Crippen LogP contribution in [0.15, 0.2) is 47.6 Å². The number of anilines is 1. The molecule has 2 aromatic rings. The molecule has 0 aliphatic rings. The summed E-state index contributed by atoms with van der Waals surface area (Å²) in [5.41, 5.74) is 1.43. The molecule has 0 saturated carbocycles. The van der Waals surface area contributed by atoms with E-state index < -0.39 is 34.2 Å². The first-order valence-electron chi connectivity index (χ1n) is 10.3. The van der Waals surface area contributed by atoms with E-state index in [1.807, 2.05) is 13.8 Å². The number of carbonyl (C=O) groups is 1. The monoisotopic (exact) mass is 501 g/mol. The van der Waals surface area contributed by atoms with Crippen LogP contribution in [0.3, 0.4) is 0 Å². The van der Waals surface area contributed by atoms with Crippen LogP contribution >= 0.6 is 0 Å². The smallest absolute Gasteiger partial charge is 0.416 e. The molecule has 0 bridgehead atoms. The third-order valence-electron chi connectivity index (χ3n) is 4.28. The van der Waals surface area contributed by atoms with Gasteiger partial charge < -0.3 is 9.47 Å². The number of halogens is 3. The van der Waals surface area contributed by atoms with E-state index in [-0.39, 0.29) is 5.69 Å². The second-order valence-electron chi connectivity index (χ2n) is 7.10. The largest absolute Gasteiger partial charge is 0.490 e. The van der Waals surface area contributed by atoms with E-state index in [1.54, 1.807) is 18.2 Å². The zero-order valence-corrected chi connectivity index (χ0v) is 19.7. The van der Waals surface area contributed by atoms with E-state index >= 15 is 0 Å². The quantitative estimate of drug-likeness (QED) is 0.373. The van der Waals surface area contributed by atoms with Gasteiger partial charge in [0.05, 0.1) is 36.9 Å². The fraction of sp³-hybridized carbons (Fsp3) is 0.364. The van der Waals surface area contributed by atoms with E-state index in [9.17, 15) is 26.4 Å². The fourth-order valence-corrected chi connectivity index (χ4v) is 3.63. The van der Waals surface area contributed by atoms with E-state index in [4.69, 9.17) is 9.47 Å². The Morgan fingerprint density at radius 2 is 1.85 bits per heavy atom. The average molecular weight is 502 g/mol. The van der Waals surface area contributed by atoms with E-state index in [0.29, 0.717) is 40.6 Å². The number of benzene rings is 2. The number of amides is 1. The number of hydrogen-bond donors (Lipinski definition) is 1. The number of rotatable bonds is 11. The van der Waals surface area contributed by atoms with Crippen molar-refractivity contribution in [2.75, 3.05) is 30.3 Å². The maximum Gasteiger partial charge on any atom is 0.416 e. The van der Waals surface area contributed by atoms with E-state index in [0.717, 1.165) is 24.8 Å². The van der Waals surface area contributed by atoms with Crippen LogP contribution < -0.4 is 19.2 Å². The van der Waals surface area contributed by atoms with Crippen molar-refractivity contribution in [2.45, 2.75) is 26.4 Å². The zero-order chi connectivity index (χ0) is 25.4. The highest BCUT2D eigenvalue weighted by Gasteiger charge is 2.32. The number of ether oxygens (including phenoxy) is 2. The molecule has 0 atom stereocenters. The van der Waals surface area contributed by atoms with Gasteiger partial charge in [-0.05, 0) is 55.3 Å². The predicted octanol–water partition coefficient (Wildman–Crippen LogP) is 3.81. The third kappa shape index (κ3) is 7.94. The average Bonchev–Trinajstić information content (AvgIpc) is 2.76. The molecule has 0 aromatic heterocycles. The Bertz CT molecular complexity index is 1120.